The van der Waals surface area contributed by atoms with Crippen LogP contribution in [0.3, 0.4) is 0 Å². The summed E-state index contributed by atoms with van der Waals surface area (Å²) in [5, 5.41) is 13.6. The van der Waals surface area contributed by atoms with Crippen molar-refractivity contribution in [2.24, 2.45) is 7.05 Å². The monoisotopic (exact) mass is 326 g/mol. The summed E-state index contributed by atoms with van der Waals surface area (Å²) in [6, 6.07) is 7.11. The zero-order chi connectivity index (χ0) is 16.0. The van der Waals surface area contributed by atoms with Crippen LogP contribution in [0.25, 0.3) is 10.8 Å². The van der Waals surface area contributed by atoms with E-state index in [-0.39, 0.29) is 11.5 Å². The zero-order valence-corrected chi connectivity index (χ0v) is 13.3. The van der Waals surface area contributed by atoms with Gasteiger partial charge in [0.05, 0.1) is 5.56 Å². The van der Waals surface area contributed by atoms with Crippen molar-refractivity contribution in [3.05, 3.63) is 51.4 Å². The summed E-state index contributed by atoms with van der Waals surface area (Å²) in [7, 11) is 1.64. The van der Waals surface area contributed by atoms with Crippen LogP contribution in [0.2, 0.25) is 0 Å². The highest BCUT2D eigenvalue weighted by atomic mass is 32.1. The first-order chi connectivity index (χ1) is 11.1. The summed E-state index contributed by atoms with van der Waals surface area (Å²) in [4.78, 5) is 24.8. The first kappa shape index (κ1) is 14.1. The summed E-state index contributed by atoms with van der Waals surface area (Å²) in [6.07, 6.45) is 3.85. The Kier molecular flexibility index (Phi) is 3.23. The van der Waals surface area contributed by atoms with Crippen LogP contribution in [0.5, 0.6) is 0 Å². The number of carbonyl (C=O) groups is 1. The van der Waals surface area contributed by atoms with Crippen molar-refractivity contribution in [2.45, 2.75) is 18.8 Å². The molecule has 1 amide bonds. The van der Waals surface area contributed by atoms with Crippen LogP contribution >= 0.6 is 11.3 Å². The van der Waals surface area contributed by atoms with Gasteiger partial charge in [0.15, 0.2) is 0 Å². The van der Waals surface area contributed by atoms with E-state index in [0.29, 0.717) is 27.4 Å². The number of nitrogens with zero attached hydrogens (tertiary/aromatic N) is 3. The summed E-state index contributed by atoms with van der Waals surface area (Å²) >= 11 is 1.42. The fourth-order valence-electron chi connectivity index (χ4n) is 2.54. The van der Waals surface area contributed by atoms with Crippen LogP contribution in [0.15, 0.2) is 35.3 Å². The Morgan fingerprint density at radius 2 is 2.00 bits per heavy atom. The molecule has 1 aliphatic carbocycles. The Morgan fingerprint density at radius 1 is 1.26 bits per heavy atom. The molecule has 0 saturated heterocycles. The standard InChI is InChI=1S/C16H14N4O2S/c1-20-8-12(10-4-2-3-5-11(10)15(20)22)13(21)17-16-19-18-14(23-16)9-6-7-9/h2-5,8-9H,6-7H2,1H3,(H,17,19,21). The van der Waals surface area contributed by atoms with Gasteiger partial charge in [0.2, 0.25) is 5.13 Å². The molecule has 3 aromatic rings. The van der Waals surface area contributed by atoms with E-state index in [1.54, 1.807) is 31.4 Å². The predicted octanol–water partition coefficient (Wildman–Crippen LogP) is 2.52. The van der Waals surface area contributed by atoms with Gasteiger partial charge in [0.1, 0.15) is 5.01 Å². The van der Waals surface area contributed by atoms with Crippen molar-refractivity contribution < 1.29 is 4.79 Å². The van der Waals surface area contributed by atoms with Gasteiger partial charge in [0.25, 0.3) is 11.5 Å². The van der Waals surface area contributed by atoms with Gasteiger partial charge in [-0.05, 0) is 18.9 Å². The molecule has 116 valence electrons. The lowest BCUT2D eigenvalue weighted by Crippen LogP contribution is -2.21. The Morgan fingerprint density at radius 3 is 2.74 bits per heavy atom. The number of hydrogen-bond donors (Lipinski definition) is 1. The molecule has 7 heteroatoms. The lowest BCUT2D eigenvalue weighted by atomic mass is 10.1. The average Bonchev–Trinajstić information content (AvgIpc) is 3.31. The first-order valence-electron chi connectivity index (χ1n) is 7.36. The van der Waals surface area contributed by atoms with Crippen LogP contribution in [0.1, 0.15) is 34.1 Å². The molecule has 4 rings (SSSR count). The van der Waals surface area contributed by atoms with Crippen LogP contribution in [0, 0.1) is 0 Å². The molecular formula is C16H14N4O2S. The van der Waals surface area contributed by atoms with E-state index in [4.69, 9.17) is 0 Å². The number of aryl methyl sites for hydroxylation is 1. The number of rotatable bonds is 3. The molecule has 6 nitrogen and oxygen atoms in total. The lowest BCUT2D eigenvalue weighted by Gasteiger charge is -2.08. The molecule has 2 heterocycles. The Bertz CT molecular complexity index is 972. The summed E-state index contributed by atoms with van der Waals surface area (Å²) < 4.78 is 1.42. The van der Waals surface area contributed by atoms with Crippen molar-refractivity contribution in [3.63, 3.8) is 0 Å². The van der Waals surface area contributed by atoms with Crippen molar-refractivity contribution >= 4 is 33.1 Å². The van der Waals surface area contributed by atoms with Crippen molar-refractivity contribution in [2.75, 3.05) is 5.32 Å². The fraction of sp³-hybridized carbons (Fsp3) is 0.250. The number of anilines is 1. The summed E-state index contributed by atoms with van der Waals surface area (Å²) in [5.74, 6) is 0.229. The second-order valence-electron chi connectivity index (χ2n) is 5.68. The number of pyridine rings is 1. The van der Waals surface area contributed by atoms with Gasteiger partial charge in [-0.3, -0.25) is 14.9 Å². The smallest absolute Gasteiger partial charge is 0.259 e. The minimum atomic E-state index is -0.282. The third-order valence-corrected chi connectivity index (χ3v) is 4.92. The van der Waals surface area contributed by atoms with Gasteiger partial charge in [-0.1, -0.05) is 29.5 Å². The number of benzene rings is 1. The highest BCUT2D eigenvalue weighted by Crippen LogP contribution is 2.42. The number of nitrogens with one attached hydrogen (secondary N) is 1. The third-order valence-electron chi connectivity index (χ3n) is 3.92. The SMILES string of the molecule is Cn1cc(C(=O)Nc2nnc(C3CC3)s2)c2ccccc2c1=O. The average molecular weight is 326 g/mol. The van der Waals surface area contributed by atoms with Gasteiger partial charge < -0.3 is 4.57 Å². The molecule has 1 N–H and O–H groups in total. The number of hydrogen-bond acceptors (Lipinski definition) is 5. The predicted molar refractivity (Wildman–Crippen MR) is 89.0 cm³/mol. The van der Waals surface area contributed by atoms with E-state index >= 15 is 0 Å². The van der Waals surface area contributed by atoms with Gasteiger partial charge in [-0.15, -0.1) is 10.2 Å². The Balaban J connectivity index is 1.71. The van der Waals surface area contributed by atoms with Crippen molar-refractivity contribution in [1.82, 2.24) is 14.8 Å². The van der Waals surface area contributed by atoms with Gasteiger partial charge in [-0.2, -0.15) is 0 Å². The normalized spacial score (nSPS) is 14.1. The van der Waals surface area contributed by atoms with Crippen molar-refractivity contribution in [3.8, 4) is 0 Å². The minimum absolute atomic E-state index is 0.121. The fourth-order valence-corrected chi connectivity index (χ4v) is 3.45. The molecule has 0 radical (unpaired) electrons. The maximum absolute atomic E-state index is 12.6. The molecule has 1 saturated carbocycles. The second kappa shape index (κ2) is 5.27. The Labute approximate surface area is 135 Å². The van der Waals surface area contributed by atoms with Crippen LogP contribution in [-0.4, -0.2) is 20.7 Å². The van der Waals surface area contributed by atoms with Crippen LogP contribution < -0.4 is 10.9 Å². The van der Waals surface area contributed by atoms with Gasteiger partial charge in [0, 0.05) is 29.9 Å². The zero-order valence-electron chi connectivity index (χ0n) is 12.4. The highest BCUT2D eigenvalue weighted by molar-refractivity contribution is 7.15. The lowest BCUT2D eigenvalue weighted by molar-refractivity contribution is 0.102. The summed E-state index contributed by atoms with van der Waals surface area (Å²) in [6.45, 7) is 0. The topological polar surface area (TPSA) is 76.9 Å². The Hall–Kier alpha value is -2.54. The van der Waals surface area contributed by atoms with E-state index in [2.05, 4.69) is 15.5 Å². The number of aromatic nitrogens is 3. The van der Waals surface area contributed by atoms with Gasteiger partial charge in [-0.25, -0.2) is 0 Å². The quantitative estimate of drug-likeness (QED) is 0.802. The molecule has 0 unspecified atom stereocenters. The highest BCUT2D eigenvalue weighted by Gasteiger charge is 2.28. The number of amides is 1. The molecule has 0 atom stereocenters. The van der Waals surface area contributed by atoms with E-state index in [0.717, 1.165) is 17.8 Å². The molecule has 0 aliphatic heterocycles. The number of carbonyl (C=O) groups excluding carboxylic acids is 1. The molecule has 1 aromatic carbocycles. The second-order valence-corrected chi connectivity index (χ2v) is 6.69. The van der Waals surface area contributed by atoms with E-state index in [1.165, 1.54) is 15.9 Å². The van der Waals surface area contributed by atoms with E-state index in [1.807, 2.05) is 6.07 Å². The first-order valence-corrected chi connectivity index (χ1v) is 8.18. The largest absolute Gasteiger partial charge is 0.317 e. The maximum atomic E-state index is 12.6. The molecule has 1 fully saturated rings. The third kappa shape index (κ3) is 2.53. The van der Waals surface area contributed by atoms with Gasteiger partial charge >= 0.3 is 0 Å². The molecular weight excluding hydrogens is 312 g/mol. The summed E-state index contributed by atoms with van der Waals surface area (Å²) in [5.41, 5.74) is 0.329. The van der Waals surface area contributed by atoms with Crippen LogP contribution in [-0.2, 0) is 7.05 Å². The minimum Gasteiger partial charge on any atom is -0.317 e. The van der Waals surface area contributed by atoms with E-state index < -0.39 is 0 Å². The molecule has 2 aromatic heterocycles. The molecule has 0 bridgehead atoms. The number of fused-ring (bicyclic) bond motifs is 1. The molecule has 0 spiro atoms. The molecule has 23 heavy (non-hydrogen) atoms. The van der Waals surface area contributed by atoms with Crippen molar-refractivity contribution in [1.29, 1.82) is 0 Å². The van der Waals surface area contributed by atoms with Crippen LogP contribution in [0.4, 0.5) is 5.13 Å². The molecule has 1 aliphatic rings. The maximum Gasteiger partial charge on any atom is 0.259 e. The van der Waals surface area contributed by atoms with E-state index in [9.17, 15) is 9.59 Å².